The second-order valence-corrected chi connectivity index (χ2v) is 6.88. The van der Waals surface area contributed by atoms with Gasteiger partial charge >= 0.3 is 0 Å². The molecule has 26 heavy (non-hydrogen) atoms. The second kappa shape index (κ2) is 9.20. The van der Waals surface area contributed by atoms with Crippen LogP contribution in [-0.2, 0) is 4.79 Å². The van der Waals surface area contributed by atoms with E-state index in [-0.39, 0.29) is 23.7 Å². The molecule has 0 aliphatic heterocycles. The second-order valence-electron chi connectivity index (χ2n) is 6.88. The largest absolute Gasteiger partial charge is 0.350 e. The Hall–Kier alpha value is -2.60. The molecule has 0 heterocycles. The summed E-state index contributed by atoms with van der Waals surface area (Å²) in [5.41, 5.74) is 2.18. The van der Waals surface area contributed by atoms with E-state index >= 15 is 0 Å². The molecule has 0 radical (unpaired) electrons. The molecule has 2 nitrogen and oxygen atoms in total. The molecule has 1 amide bonds. The molecule has 3 heteroatoms. The maximum Gasteiger partial charge on any atom is 0.248 e. The highest BCUT2D eigenvalue weighted by Gasteiger charge is 2.20. The standard InChI is InChI=1S/C23H26FNO/c1-5-20-13-11-18(9-10-19-7-6-8-21(24)15-19)12-14-22(20)23(26)25-17(4)16(2)3/h6-8,11-17,20H,5H2,1-4H3,(H,25,26). The van der Waals surface area contributed by atoms with Gasteiger partial charge < -0.3 is 5.32 Å². The van der Waals surface area contributed by atoms with Gasteiger partial charge in [-0.1, -0.05) is 50.8 Å². The predicted octanol–water partition coefficient (Wildman–Crippen LogP) is 4.79. The van der Waals surface area contributed by atoms with Crippen molar-refractivity contribution < 1.29 is 9.18 Å². The van der Waals surface area contributed by atoms with Crippen molar-refractivity contribution in [1.29, 1.82) is 0 Å². The van der Waals surface area contributed by atoms with E-state index in [1.54, 1.807) is 12.1 Å². The van der Waals surface area contributed by atoms with Crippen LogP contribution in [0, 0.1) is 29.5 Å². The summed E-state index contributed by atoms with van der Waals surface area (Å²) in [6.45, 7) is 8.25. The van der Waals surface area contributed by atoms with Crippen LogP contribution >= 0.6 is 0 Å². The van der Waals surface area contributed by atoms with Crippen LogP contribution in [0.1, 0.15) is 39.7 Å². The van der Waals surface area contributed by atoms with E-state index in [0.29, 0.717) is 11.5 Å². The van der Waals surface area contributed by atoms with Crippen molar-refractivity contribution in [3.63, 3.8) is 0 Å². The number of halogens is 1. The first-order valence-electron chi connectivity index (χ1n) is 9.09. The minimum absolute atomic E-state index is 0.0294. The summed E-state index contributed by atoms with van der Waals surface area (Å²) in [6, 6.07) is 6.33. The lowest BCUT2D eigenvalue weighted by Gasteiger charge is -2.20. The number of rotatable bonds is 4. The summed E-state index contributed by atoms with van der Waals surface area (Å²) < 4.78 is 13.2. The molecule has 0 saturated heterocycles. The van der Waals surface area contributed by atoms with Crippen molar-refractivity contribution in [2.24, 2.45) is 11.8 Å². The van der Waals surface area contributed by atoms with Crippen molar-refractivity contribution >= 4 is 5.91 Å². The zero-order chi connectivity index (χ0) is 19.1. The summed E-state index contributed by atoms with van der Waals surface area (Å²) in [6.07, 6.45) is 8.50. The third-order valence-corrected chi connectivity index (χ3v) is 4.59. The molecule has 2 unspecified atom stereocenters. The van der Waals surface area contributed by atoms with E-state index in [2.05, 4.69) is 37.9 Å². The third-order valence-electron chi connectivity index (χ3n) is 4.59. The molecule has 1 aromatic carbocycles. The molecular formula is C23H26FNO. The van der Waals surface area contributed by atoms with Crippen LogP contribution in [0.15, 0.2) is 59.7 Å². The molecule has 0 aromatic heterocycles. The van der Waals surface area contributed by atoms with Gasteiger partial charge in [0.15, 0.2) is 0 Å². The van der Waals surface area contributed by atoms with Gasteiger partial charge in [0.1, 0.15) is 5.82 Å². The molecule has 0 fully saturated rings. The molecular weight excluding hydrogens is 325 g/mol. The molecule has 0 saturated carbocycles. The number of carbonyl (C=O) groups is 1. The normalized spacial score (nSPS) is 17.5. The number of hydrogen-bond acceptors (Lipinski definition) is 1. The van der Waals surface area contributed by atoms with E-state index in [0.717, 1.165) is 17.6 Å². The van der Waals surface area contributed by atoms with Gasteiger partial charge in [-0.3, -0.25) is 4.79 Å². The molecule has 136 valence electrons. The van der Waals surface area contributed by atoms with Crippen LogP contribution < -0.4 is 5.32 Å². The summed E-state index contributed by atoms with van der Waals surface area (Å²) in [4.78, 5) is 12.6. The quantitative estimate of drug-likeness (QED) is 0.777. The Morgan fingerprint density at radius 3 is 2.65 bits per heavy atom. The van der Waals surface area contributed by atoms with Gasteiger partial charge in [-0.2, -0.15) is 0 Å². The topological polar surface area (TPSA) is 29.1 Å². The number of allylic oxidation sites excluding steroid dienone is 5. The fraction of sp³-hybridized carbons (Fsp3) is 0.348. The van der Waals surface area contributed by atoms with Crippen LogP contribution in [0.3, 0.4) is 0 Å². The Labute approximate surface area is 155 Å². The number of nitrogens with one attached hydrogen (secondary N) is 1. The highest BCUT2D eigenvalue weighted by atomic mass is 19.1. The monoisotopic (exact) mass is 351 g/mol. The molecule has 0 bridgehead atoms. The van der Waals surface area contributed by atoms with Crippen LogP contribution in [0.2, 0.25) is 0 Å². The molecule has 1 aliphatic rings. The Morgan fingerprint density at radius 1 is 1.23 bits per heavy atom. The Bertz CT molecular complexity index is 805. The van der Waals surface area contributed by atoms with Crippen molar-refractivity contribution in [2.45, 2.75) is 40.2 Å². The lowest BCUT2D eigenvalue weighted by Crippen LogP contribution is -2.38. The zero-order valence-electron chi connectivity index (χ0n) is 15.8. The van der Waals surface area contributed by atoms with Gasteiger partial charge in [0.2, 0.25) is 5.91 Å². The van der Waals surface area contributed by atoms with Crippen LogP contribution in [-0.4, -0.2) is 11.9 Å². The molecule has 1 aliphatic carbocycles. The SMILES string of the molecule is CCC1C=CC(C#Cc2cccc(F)c2)=CC=C1C(=O)NC(C)C(C)C. The van der Waals surface area contributed by atoms with E-state index in [9.17, 15) is 9.18 Å². The number of hydrogen-bond donors (Lipinski definition) is 1. The van der Waals surface area contributed by atoms with E-state index in [1.807, 2.05) is 31.2 Å². The van der Waals surface area contributed by atoms with Crippen molar-refractivity contribution in [3.8, 4) is 11.8 Å². The summed E-state index contributed by atoms with van der Waals surface area (Å²) in [5, 5.41) is 3.07. The van der Waals surface area contributed by atoms with Gasteiger partial charge in [0.25, 0.3) is 0 Å². The average molecular weight is 351 g/mol. The Balaban J connectivity index is 2.23. The molecule has 1 N–H and O–H groups in total. The van der Waals surface area contributed by atoms with Gasteiger partial charge in [0, 0.05) is 28.7 Å². The van der Waals surface area contributed by atoms with Crippen LogP contribution in [0.4, 0.5) is 4.39 Å². The minimum atomic E-state index is -0.300. The number of benzene rings is 1. The van der Waals surface area contributed by atoms with Crippen molar-refractivity contribution in [3.05, 3.63) is 71.1 Å². The maximum absolute atomic E-state index is 13.2. The van der Waals surface area contributed by atoms with Crippen LogP contribution in [0.25, 0.3) is 0 Å². The molecule has 1 aromatic rings. The van der Waals surface area contributed by atoms with E-state index < -0.39 is 0 Å². The first-order chi connectivity index (χ1) is 12.4. The van der Waals surface area contributed by atoms with Gasteiger partial charge in [-0.15, -0.1) is 0 Å². The van der Waals surface area contributed by atoms with Crippen molar-refractivity contribution in [2.75, 3.05) is 0 Å². The zero-order valence-corrected chi connectivity index (χ0v) is 15.8. The lowest BCUT2D eigenvalue weighted by molar-refractivity contribution is -0.118. The molecule has 2 atom stereocenters. The van der Waals surface area contributed by atoms with E-state index in [1.165, 1.54) is 12.1 Å². The average Bonchev–Trinajstić information content (AvgIpc) is 2.82. The maximum atomic E-state index is 13.2. The summed E-state index contributed by atoms with van der Waals surface area (Å²) >= 11 is 0. The molecule has 2 rings (SSSR count). The smallest absolute Gasteiger partial charge is 0.248 e. The van der Waals surface area contributed by atoms with Gasteiger partial charge in [0.05, 0.1) is 0 Å². The van der Waals surface area contributed by atoms with Gasteiger partial charge in [-0.25, -0.2) is 4.39 Å². The minimum Gasteiger partial charge on any atom is -0.350 e. The van der Waals surface area contributed by atoms with Crippen molar-refractivity contribution in [1.82, 2.24) is 5.32 Å². The third kappa shape index (κ3) is 5.46. The lowest BCUT2D eigenvalue weighted by atomic mass is 9.94. The Kier molecular flexibility index (Phi) is 6.97. The predicted molar refractivity (Wildman–Crippen MR) is 105 cm³/mol. The van der Waals surface area contributed by atoms with E-state index in [4.69, 9.17) is 0 Å². The summed E-state index contributed by atoms with van der Waals surface area (Å²) in [5.74, 6) is 6.12. The highest BCUT2D eigenvalue weighted by Crippen LogP contribution is 2.22. The molecule has 0 spiro atoms. The number of carbonyl (C=O) groups excluding carboxylic acids is 1. The Morgan fingerprint density at radius 2 is 2.00 bits per heavy atom. The van der Waals surface area contributed by atoms with Gasteiger partial charge in [-0.05, 0) is 49.6 Å². The number of amides is 1. The fourth-order valence-electron chi connectivity index (χ4n) is 2.53. The first-order valence-corrected chi connectivity index (χ1v) is 9.09. The highest BCUT2D eigenvalue weighted by molar-refractivity contribution is 5.95. The fourth-order valence-corrected chi connectivity index (χ4v) is 2.53. The first kappa shape index (κ1) is 19.7. The summed E-state index contributed by atoms with van der Waals surface area (Å²) in [7, 11) is 0. The van der Waals surface area contributed by atoms with Crippen LogP contribution in [0.5, 0.6) is 0 Å².